The molecular weight excluding hydrogens is 452 g/mol. The van der Waals surface area contributed by atoms with E-state index in [9.17, 15) is 4.79 Å². The Morgan fingerprint density at radius 2 is 2.12 bits per heavy atom. The maximum Gasteiger partial charge on any atom is 0.314 e. The molecule has 0 saturated carbocycles. The first kappa shape index (κ1) is 23.6. The molecule has 0 bridgehead atoms. The highest BCUT2D eigenvalue weighted by atomic mass is 35.5. The summed E-state index contributed by atoms with van der Waals surface area (Å²) < 4.78 is 7.29. The smallest absolute Gasteiger partial charge is 0.314 e. The molecule has 0 atom stereocenters. The third-order valence-electron chi connectivity index (χ3n) is 4.67. The minimum atomic E-state index is -0.260. The maximum atomic E-state index is 11.6. The fraction of sp³-hybridized carbons (Fsp3) is 0.350. The van der Waals surface area contributed by atoms with Crippen molar-refractivity contribution in [1.29, 1.82) is 0 Å². The topological polar surface area (TPSA) is 136 Å². The van der Waals surface area contributed by atoms with Crippen molar-refractivity contribution in [2.45, 2.75) is 6.54 Å². The van der Waals surface area contributed by atoms with Crippen molar-refractivity contribution in [3.63, 3.8) is 0 Å². The van der Waals surface area contributed by atoms with Crippen LogP contribution in [0.2, 0.25) is 5.02 Å². The summed E-state index contributed by atoms with van der Waals surface area (Å²) in [6, 6.07) is 1.47. The predicted molar refractivity (Wildman–Crippen MR) is 126 cm³/mol. The number of carbonyl (C=O) groups excluding carboxylic acids is 1. The van der Waals surface area contributed by atoms with Gasteiger partial charge in [0.25, 0.3) is 0 Å². The van der Waals surface area contributed by atoms with E-state index in [1.165, 1.54) is 11.3 Å². The Morgan fingerprint density at radius 3 is 2.84 bits per heavy atom. The molecule has 0 unspecified atom stereocenters. The first-order chi connectivity index (χ1) is 15.5. The molecule has 0 radical (unpaired) electrons. The molecule has 0 aromatic carbocycles. The molecule has 0 spiro atoms. The molecule has 2 aromatic rings. The lowest BCUT2D eigenvalue weighted by Crippen LogP contribution is -2.38. The van der Waals surface area contributed by atoms with Crippen LogP contribution in [0.25, 0.3) is 5.70 Å². The third kappa shape index (κ3) is 6.49. The summed E-state index contributed by atoms with van der Waals surface area (Å²) in [6.45, 7) is 3.66. The number of halogens is 1. The number of nitrogens with one attached hydrogen (secondary N) is 2. The van der Waals surface area contributed by atoms with Gasteiger partial charge in [0.2, 0.25) is 0 Å². The summed E-state index contributed by atoms with van der Waals surface area (Å²) >= 11 is 7.47. The number of pyridine rings is 1. The summed E-state index contributed by atoms with van der Waals surface area (Å²) in [5.74, 6) is 0.634. The number of morpholine rings is 1. The van der Waals surface area contributed by atoms with Crippen LogP contribution in [-0.4, -0.2) is 60.4 Å². The predicted octanol–water partition coefficient (Wildman–Crippen LogP) is 1.19. The van der Waals surface area contributed by atoms with Crippen molar-refractivity contribution < 1.29 is 9.53 Å². The number of nitrogens with zero attached hydrogens (tertiary/aromatic N) is 4. The molecule has 2 aromatic heterocycles. The second kappa shape index (κ2) is 11.6. The van der Waals surface area contributed by atoms with Crippen LogP contribution in [0.15, 0.2) is 46.8 Å². The van der Waals surface area contributed by atoms with E-state index in [-0.39, 0.29) is 6.03 Å². The van der Waals surface area contributed by atoms with Gasteiger partial charge in [-0.1, -0.05) is 11.6 Å². The number of nitrogens with two attached hydrogens (primary N) is 2. The number of aromatic nitrogens is 2. The zero-order chi connectivity index (χ0) is 22.9. The molecule has 1 saturated heterocycles. The highest BCUT2D eigenvalue weighted by molar-refractivity contribution is 7.07. The highest BCUT2D eigenvalue weighted by Crippen LogP contribution is 2.17. The van der Waals surface area contributed by atoms with Gasteiger partial charge >= 0.3 is 6.03 Å². The van der Waals surface area contributed by atoms with Gasteiger partial charge in [-0.3, -0.25) is 4.98 Å². The minimum absolute atomic E-state index is 0.260. The molecule has 10 nitrogen and oxygen atoms in total. The van der Waals surface area contributed by atoms with Gasteiger partial charge in [-0.25, -0.2) is 9.79 Å². The number of rotatable bonds is 7. The van der Waals surface area contributed by atoms with E-state index >= 15 is 0 Å². The third-order valence-corrected chi connectivity index (χ3v) is 5.74. The summed E-state index contributed by atoms with van der Waals surface area (Å²) in [5, 5.41) is 7.73. The Labute approximate surface area is 195 Å². The van der Waals surface area contributed by atoms with E-state index in [1.54, 1.807) is 37.7 Å². The van der Waals surface area contributed by atoms with Crippen molar-refractivity contribution in [2.75, 3.05) is 39.9 Å². The molecule has 1 aliphatic rings. The molecule has 12 heteroatoms. The summed E-state index contributed by atoms with van der Waals surface area (Å²) in [7, 11) is 1.57. The number of amides is 2. The molecule has 6 N–H and O–H groups in total. The van der Waals surface area contributed by atoms with E-state index in [0.717, 1.165) is 18.8 Å². The standard InChI is InChI=1S/C20H27ClN8O2S/c1-24-19(30)26-4-5-29-17(13-32-20(29)27-15-10-14(21)11-25-12-15)16(22)2-3-18(23)28-6-8-31-9-7-28/h2-3,10-13H,4-9,22-23H2,1H3,(H2,24,26,30)/b16-2-,18-3+,27-20?. The normalized spacial score (nSPS) is 15.7. The minimum Gasteiger partial charge on any atom is -0.397 e. The van der Waals surface area contributed by atoms with Gasteiger partial charge < -0.3 is 36.3 Å². The Morgan fingerprint density at radius 1 is 1.34 bits per heavy atom. The number of thiazole rings is 1. The number of hydrogen-bond donors (Lipinski definition) is 4. The van der Waals surface area contributed by atoms with E-state index in [4.69, 9.17) is 27.8 Å². The second-order valence-corrected chi connectivity index (χ2v) is 8.12. The van der Waals surface area contributed by atoms with E-state index < -0.39 is 0 Å². The number of ether oxygens (including phenoxy) is 1. The van der Waals surface area contributed by atoms with Gasteiger partial charge in [0.15, 0.2) is 4.80 Å². The number of allylic oxidation sites excluding steroid dienone is 2. The van der Waals surface area contributed by atoms with Crippen LogP contribution < -0.4 is 26.9 Å². The molecule has 0 aliphatic carbocycles. The number of urea groups is 1. The molecule has 3 rings (SSSR count). The molecular formula is C20H27ClN8O2S. The Bertz CT molecular complexity index is 1060. The van der Waals surface area contributed by atoms with E-state index in [2.05, 4.69) is 25.5 Å². The second-order valence-electron chi connectivity index (χ2n) is 6.85. The fourth-order valence-electron chi connectivity index (χ4n) is 2.99. The fourth-order valence-corrected chi connectivity index (χ4v) is 4.12. The van der Waals surface area contributed by atoms with Crippen molar-refractivity contribution in [3.05, 3.63) is 57.3 Å². The van der Waals surface area contributed by atoms with E-state index in [1.807, 2.05) is 9.95 Å². The summed E-state index contributed by atoms with van der Waals surface area (Å²) in [4.78, 5) is 23.0. The van der Waals surface area contributed by atoms with Crippen LogP contribution in [-0.2, 0) is 11.3 Å². The van der Waals surface area contributed by atoms with Crippen molar-refractivity contribution in [3.8, 4) is 0 Å². The average molecular weight is 479 g/mol. The van der Waals surface area contributed by atoms with E-state index in [0.29, 0.717) is 53.3 Å². The van der Waals surface area contributed by atoms with Gasteiger partial charge in [0, 0.05) is 44.8 Å². The zero-order valence-electron chi connectivity index (χ0n) is 17.8. The van der Waals surface area contributed by atoms with Crippen LogP contribution in [0.4, 0.5) is 10.5 Å². The van der Waals surface area contributed by atoms with Crippen molar-refractivity contribution in [2.24, 2.45) is 16.5 Å². The lowest BCUT2D eigenvalue weighted by atomic mass is 10.3. The Balaban J connectivity index is 1.89. The maximum absolute atomic E-state index is 11.6. The molecule has 32 heavy (non-hydrogen) atoms. The Kier molecular flexibility index (Phi) is 8.54. The van der Waals surface area contributed by atoms with Gasteiger partial charge in [0.05, 0.1) is 47.3 Å². The number of hydrogen-bond acceptors (Lipinski definition) is 8. The Hall–Kier alpha value is -3.02. The quantitative estimate of drug-likeness (QED) is 0.441. The number of carbonyl (C=O) groups is 1. The molecule has 172 valence electrons. The average Bonchev–Trinajstić information content (AvgIpc) is 3.20. The highest BCUT2D eigenvalue weighted by Gasteiger charge is 2.12. The van der Waals surface area contributed by atoms with Crippen LogP contribution in [0.5, 0.6) is 0 Å². The van der Waals surface area contributed by atoms with Crippen LogP contribution in [0.3, 0.4) is 0 Å². The van der Waals surface area contributed by atoms with Gasteiger partial charge in [-0.05, 0) is 18.2 Å². The van der Waals surface area contributed by atoms with Gasteiger partial charge in [-0.2, -0.15) is 0 Å². The summed E-state index contributed by atoms with van der Waals surface area (Å²) in [5.41, 5.74) is 14.5. The van der Waals surface area contributed by atoms with Crippen LogP contribution in [0, 0.1) is 0 Å². The first-order valence-corrected chi connectivity index (χ1v) is 11.3. The van der Waals surface area contributed by atoms with Gasteiger partial charge in [0.1, 0.15) is 0 Å². The van der Waals surface area contributed by atoms with Crippen LogP contribution >= 0.6 is 22.9 Å². The summed E-state index contributed by atoms with van der Waals surface area (Å²) in [6.07, 6.45) is 6.75. The molecule has 1 fully saturated rings. The molecule has 1 aliphatic heterocycles. The van der Waals surface area contributed by atoms with Crippen LogP contribution in [0.1, 0.15) is 5.69 Å². The zero-order valence-corrected chi connectivity index (χ0v) is 19.3. The van der Waals surface area contributed by atoms with Crippen molar-refractivity contribution >= 4 is 40.4 Å². The first-order valence-electron chi connectivity index (χ1n) is 10.0. The largest absolute Gasteiger partial charge is 0.397 e. The molecule has 3 heterocycles. The lowest BCUT2D eigenvalue weighted by Gasteiger charge is -2.28. The SMILES string of the molecule is CNC(=O)NCCn1c(/C(N)=C/C=C(\N)N2CCOCC2)csc1=Nc1cncc(Cl)c1. The van der Waals surface area contributed by atoms with Crippen molar-refractivity contribution in [1.82, 2.24) is 25.1 Å². The van der Waals surface area contributed by atoms with Gasteiger partial charge in [-0.15, -0.1) is 11.3 Å². The lowest BCUT2D eigenvalue weighted by molar-refractivity contribution is 0.0530. The molecule has 2 amide bonds. The monoisotopic (exact) mass is 478 g/mol.